The first-order valence-electron chi connectivity index (χ1n) is 10.7. The molecule has 2 aliphatic rings. The minimum absolute atomic E-state index is 0.000893. The standard InChI is InChI=1S/C23H26N4O5/c28-20(10-25-23(31)32-15-16-5-2-1-3-6-16)24-11-22(30)26-12-17-9-18(14-26)19-7-4-8-21(29)27(19)13-17/h1-8,17-18H,9-15H2,(H,24,28)(H,25,31)/t17?,18-/m0/s1. The minimum Gasteiger partial charge on any atom is -0.445 e. The number of rotatable bonds is 6. The molecule has 2 aliphatic heterocycles. The molecule has 3 heterocycles. The van der Waals surface area contributed by atoms with Crippen LogP contribution in [0.5, 0.6) is 0 Å². The molecule has 2 atom stereocenters. The van der Waals surface area contributed by atoms with Crippen LogP contribution in [0.4, 0.5) is 4.79 Å². The van der Waals surface area contributed by atoms with Crippen LogP contribution in [0.2, 0.25) is 0 Å². The molecule has 2 bridgehead atoms. The number of benzene rings is 1. The number of pyridine rings is 1. The van der Waals surface area contributed by atoms with Gasteiger partial charge in [0.1, 0.15) is 13.2 Å². The van der Waals surface area contributed by atoms with E-state index in [1.165, 1.54) is 0 Å². The maximum absolute atomic E-state index is 12.6. The van der Waals surface area contributed by atoms with Gasteiger partial charge in [-0.05, 0) is 24.0 Å². The number of piperidine rings is 1. The lowest BCUT2D eigenvalue weighted by Crippen LogP contribution is -2.51. The highest BCUT2D eigenvalue weighted by atomic mass is 16.5. The van der Waals surface area contributed by atoms with Crippen molar-refractivity contribution >= 4 is 17.9 Å². The van der Waals surface area contributed by atoms with Gasteiger partial charge in [-0.15, -0.1) is 0 Å². The number of hydrogen-bond donors (Lipinski definition) is 2. The number of alkyl carbamates (subject to hydrolysis) is 1. The van der Waals surface area contributed by atoms with E-state index < -0.39 is 12.0 Å². The van der Waals surface area contributed by atoms with E-state index in [4.69, 9.17) is 4.74 Å². The number of fused-ring (bicyclic) bond motifs is 4. The molecule has 9 nitrogen and oxygen atoms in total. The van der Waals surface area contributed by atoms with Crippen LogP contribution in [-0.4, -0.2) is 53.6 Å². The van der Waals surface area contributed by atoms with Gasteiger partial charge >= 0.3 is 6.09 Å². The van der Waals surface area contributed by atoms with Gasteiger partial charge in [0, 0.05) is 37.3 Å². The molecule has 2 N–H and O–H groups in total. The number of aromatic nitrogens is 1. The zero-order valence-electron chi connectivity index (χ0n) is 17.7. The van der Waals surface area contributed by atoms with Crippen LogP contribution < -0.4 is 16.2 Å². The Morgan fingerprint density at radius 3 is 2.56 bits per heavy atom. The Hall–Kier alpha value is -3.62. The molecule has 32 heavy (non-hydrogen) atoms. The smallest absolute Gasteiger partial charge is 0.407 e. The summed E-state index contributed by atoms with van der Waals surface area (Å²) < 4.78 is 6.86. The Labute approximate surface area is 185 Å². The van der Waals surface area contributed by atoms with Crippen molar-refractivity contribution in [1.29, 1.82) is 0 Å². The van der Waals surface area contributed by atoms with E-state index >= 15 is 0 Å². The van der Waals surface area contributed by atoms with Crippen LogP contribution in [0, 0.1) is 5.92 Å². The van der Waals surface area contributed by atoms with E-state index in [1.807, 2.05) is 41.0 Å². The summed E-state index contributed by atoms with van der Waals surface area (Å²) in [6, 6.07) is 14.5. The summed E-state index contributed by atoms with van der Waals surface area (Å²) in [6.07, 6.45) is 0.252. The van der Waals surface area contributed by atoms with E-state index in [0.717, 1.165) is 17.7 Å². The van der Waals surface area contributed by atoms with Crippen molar-refractivity contribution in [2.24, 2.45) is 5.92 Å². The lowest BCUT2D eigenvalue weighted by atomic mass is 9.83. The average molecular weight is 438 g/mol. The minimum atomic E-state index is -0.701. The Bertz CT molecular complexity index is 1050. The van der Waals surface area contributed by atoms with Gasteiger partial charge in [0.05, 0.1) is 6.54 Å². The van der Waals surface area contributed by atoms with Gasteiger partial charge in [-0.2, -0.15) is 0 Å². The van der Waals surface area contributed by atoms with Gasteiger partial charge in [0.15, 0.2) is 0 Å². The van der Waals surface area contributed by atoms with Crippen molar-refractivity contribution in [3.8, 4) is 0 Å². The molecule has 1 unspecified atom stereocenters. The number of carbonyl (C=O) groups excluding carboxylic acids is 3. The van der Waals surface area contributed by atoms with Crippen molar-refractivity contribution in [1.82, 2.24) is 20.1 Å². The predicted octanol–water partition coefficient (Wildman–Crippen LogP) is 0.837. The summed E-state index contributed by atoms with van der Waals surface area (Å²) in [5, 5.41) is 4.92. The molecule has 9 heteroatoms. The molecule has 1 aromatic carbocycles. The zero-order chi connectivity index (χ0) is 22.5. The van der Waals surface area contributed by atoms with E-state index in [1.54, 1.807) is 17.0 Å². The lowest BCUT2D eigenvalue weighted by molar-refractivity contribution is -0.135. The molecular formula is C23H26N4O5. The molecule has 0 aliphatic carbocycles. The normalized spacial score (nSPS) is 18.9. The largest absolute Gasteiger partial charge is 0.445 e. The Balaban J connectivity index is 1.20. The van der Waals surface area contributed by atoms with Crippen LogP contribution in [0.1, 0.15) is 23.6 Å². The quantitative estimate of drug-likeness (QED) is 0.695. The van der Waals surface area contributed by atoms with Gasteiger partial charge < -0.3 is 24.8 Å². The fraction of sp³-hybridized carbons (Fsp3) is 0.391. The summed E-state index contributed by atoms with van der Waals surface area (Å²) >= 11 is 0. The molecular weight excluding hydrogens is 412 g/mol. The van der Waals surface area contributed by atoms with Crippen molar-refractivity contribution in [3.63, 3.8) is 0 Å². The van der Waals surface area contributed by atoms with E-state index in [-0.39, 0.29) is 43.0 Å². The third-order valence-electron chi connectivity index (χ3n) is 5.88. The monoisotopic (exact) mass is 438 g/mol. The van der Waals surface area contributed by atoms with Gasteiger partial charge in [-0.3, -0.25) is 14.4 Å². The number of ether oxygens (including phenoxy) is 1. The first-order valence-corrected chi connectivity index (χ1v) is 10.7. The molecule has 168 valence electrons. The fourth-order valence-electron chi connectivity index (χ4n) is 4.38. The predicted molar refractivity (Wildman–Crippen MR) is 116 cm³/mol. The topological polar surface area (TPSA) is 110 Å². The fourth-order valence-corrected chi connectivity index (χ4v) is 4.38. The van der Waals surface area contributed by atoms with Crippen LogP contribution in [0.15, 0.2) is 53.3 Å². The second-order valence-corrected chi connectivity index (χ2v) is 8.19. The van der Waals surface area contributed by atoms with Crippen LogP contribution >= 0.6 is 0 Å². The summed E-state index contributed by atoms with van der Waals surface area (Å²) in [4.78, 5) is 50.2. The third-order valence-corrected chi connectivity index (χ3v) is 5.88. The highest BCUT2D eigenvalue weighted by Gasteiger charge is 2.36. The first kappa shape index (κ1) is 21.6. The Kier molecular flexibility index (Phi) is 6.53. The number of nitrogens with one attached hydrogen (secondary N) is 2. The molecule has 3 amide bonds. The Morgan fingerprint density at radius 1 is 0.938 bits per heavy atom. The molecule has 1 fully saturated rings. The van der Waals surface area contributed by atoms with Crippen molar-refractivity contribution < 1.29 is 19.1 Å². The number of amides is 3. The van der Waals surface area contributed by atoms with Gasteiger partial charge in [-0.25, -0.2) is 4.79 Å². The van der Waals surface area contributed by atoms with Gasteiger partial charge in [0.25, 0.3) is 5.56 Å². The van der Waals surface area contributed by atoms with Crippen LogP contribution in [-0.2, 0) is 27.5 Å². The van der Waals surface area contributed by atoms with Crippen molar-refractivity contribution in [2.75, 3.05) is 26.2 Å². The van der Waals surface area contributed by atoms with Gasteiger partial charge in [-0.1, -0.05) is 36.4 Å². The summed E-state index contributed by atoms with van der Waals surface area (Å²) in [7, 11) is 0. The number of nitrogens with zero attached hydrogens (tertiary/aromatic N) is 2. The second kappa shape index (κ2) is 9.67. The lowest BCUT2D eigenvalue weighted by Gasteiger charge is -2.42. The Morgan fingerprint density at radius 2 is 1.75 bits per heavy atom. The first-order chi connectivity index (χ1) is 15.5. The maximum atomic E-state index is 12.6. The van der Waals surface area contributed by atoms with Crippen molar-refractivity contribution in [3.05, 3.63) is 70.1 Å². The maximum Gasteiger partial charge on any atom is 0.407 e. The highest BCUT2D eigenvalue weighted by molar-refractivity contribution is 5.87. The summed E-state index contributed by atoms with van der Waals surface area (Å²) in [5.74, 6) is -0.297. The molecule has 4 rings (SSSR count). The molecule has 0 saturated carbocycles. The molecule has 1 saturated heterocycles. The molecule has 0 spiro atoms. The summed E-state index contributed by atoms with van der Waals surface area (Å²) in [6.45, 7) is 1.40. The van der Waals surface area contributed by atoms with Crippen LogP contribution in [0.25, 0.3) is 0 Å². The van der Waals surface area contributed by atoms with Crippen molar-refractivity contribution in [2.45, 2.75) is 25.5 Å². The van der Waals surface area contributed by atoms with Crippen LogP contribution in [0.3, 0.4) is 0 Å². The average Bonchev–Trinajstić information content (AvgIpc) is 2.81. The van der Waals surface area contributed by atoms with E-state index in [9.17, 15) is 19.2 Å². The molecule has 0 radical (unpaired) electrons. The molecule has 1 aromatic heterocycles. The van der Waals surface area contributed by atoms with E-state index in [2.05, 4.69) is 10.6 Å². The molecule has 2 aromatic rings. The third kappa shape index (κ3) is 5.16. The number of hydrogen-bond acceptors (Lipinski definition) is 5. The van der Waals surface area contributed by atoms with Gasteiger partial charge in [0.2, 0.25) is 11.8 Å². The van der Waals surface area contributed by atoms with E-state index in [0.29, 0.717) is 19.6 Å². The highest BCUT2D eigenvalue weighted by Crippen LogP contribution is 2.34. The second-order valence-electron chi connectivity index (χ2n) is 8.19. The number of likely N-dealkylation sites (tertiary alicyclic amines) is 1. The zero-order valence-corrected chi connectivity index (χ0v) is 17.7. The summed E-state index contributed by atoms with van der Waals surface area (Å²) in [5.41, 5.74) is 1.81. The number of carbonyl (C=O) groups is 3. The SMILES string of the molecule is O=C(CNC(=O)OCc1ccccc1)NCC(=O)N1CC2C[C@@H](C1)c1cccc(=O)n1C2.